The van der Waals surface area contributed by atoms with Crippen LogP contribution in [0.15, 0.2) is 33.7 Å². The molecule has 2 atom stereocenters. The fourth-order valence-corrected chi connectivity index (χ4v) is 5.77. The first-order valence-corrected chi connectivity index (χ1v) is 10.1. The van der Waals surface area contributed by atoms with E-state index < -0.39 is 9.84 Å². The minimum atomic E-state index is -2.96. The number of rotatable bonds is 2. The average molecular weight is 375 g/mol. The monoisotopic (exact) mass is 374 g/mol. The summed E-state index contributed by atoms with van der Waals surface area (Å²) in [5.74, 6) is 1.30. The van der Waals surface area contributed by atoms with Gasteiger partial charge in [-0.25, -0.2) is 8.42 Å². The van der Waals surface area contributed by atoms with Crippen molar-refractivity contribution in [1.29, 1.82) is 0 Å². The molecular weight excluding hydrogens is 360 g/mol. The first-order valence-electron chi connectivity index (χ1n) is 6.46. The van der Waals surface area contributed by atoms with Crippen molar-refractivity contribution in [3.8, 4) is 0 Å². The number of benzene rings is 1. The van der Waals surface area contributed by atoms with Crippen LogP contribution in [-0.4, -0.2) is 42.9 Å². The second-order valence-electron chi connectivity index (χ2n) is 4.91. The molecule has 0 radical (unpaired) electrons. The lowest BCUT2D eigenvalue weighted by Gasteiger charge is -2.26. The van der Waals surface area contributed by atoms with E-state index in [-0.39, 0.29) is 23.6 Å². The van der Waals surface area contributed by atoms with Gasteiger partial charge in [-0.15, -0.1) is 0 Å². The molecule has 0 aliphatic carbocycles. The zero-order valence-corrected chi connectivity index (χ0v) is 14.2. The normalized spacial score (nSPS) is 27.5. The molecule has 2 aliphatic heterocycles. The van der Waals surface area contributed by atoms with Crippen molar-refractivity contribution in [3.05, 3.63) is 28.7 Å². The molecule has 2 unspecified atom stereocenters. The average Bonchev–Trinajstić information content (AvgIpc) is 2.80. The third-order valence-electron chi connectivity index (χ3n) is 3.47. The summed E-state index contributed by atoms with van der Waals surface area (Å²) in [4.78, 5) is 6.73. The van der Waals surface area contributed by atoms with Gasteiger partial charge in [-0.2, -0.15) is 0 Å². The van der Waals surface area contributed by atoms with E-state index in [2.05, 4.69) is 32.7 Å². The molecule has 1 aromatic carbocycles. The van der Waals surface area contributed by atoms with Gasteiger partial charge in [0.25, 0.3) is 0 Å². The Morgan fingerprint density at radius 2 is 2.25 bits per heavy atom. The van der Waals surface area contributed by atoms with Crippen molar-refractivity contribution in [3.63, 3.8) is 0 Å². The third kappa shape index (κ3) is 2.63. The topological polar surface area (TPSA) is 49.7 Å². The maximum absolute atomic E-state index is 11.8. The maximum Gasteiger partial charge on any atom is 0.164 e. The molecule has 108 valence electrons. The van der Waals surface area contributed by atoms with Crippen LogP contribution in [0.5, 0.6) is 0 Å². The third-order valence-corrected chi connectivity index (χ3v) is 6.51. The zero-order valence-electron chi connectivity index (χ0n) is 11.0. The molecule has 0 spiro atoms. The minimum Gasteiger partial charge on any atom is -0.315 e. The van der Waals surface area contributed by atoms with E-state index in [0.717, 1.165) is 21.1 Å². The standard InChI is InChI=1S/C13H15BrN2O2S2/c1-2-19-13-15-11-7-20(17,18)8-12(11)16(13)10-5-3-4-9(14)6-10/h3-6,11-12H,2,7-8H2,1H3. The molecular formula is C13H15BrN2O2S2. The van der Waals surface area contributed by atoms with Crippen LogP contribution in [0.2, 0.25) is 0 Å². The van der Waals surface area contributed by atoms with Gasteiger partial charge in [-0.1, -0.05) is 40.7 Å². The second kappa shape index (κ2) is 5.35. The molecule has 1 fully saturated rings. The van der Waals surface area contributed by atoms with E-state index in [4.69, 9.17) is 0 Å². The number of hydrogen-bond acceptors (Lipinski definition) is 5. The molecule has 1 aromatic rings. The highest BCUT2D eigenvalue weighted by atomic mass is 79.9. The van der Waals surface area contributed by atoms with Crippen LogP contribution in [0.3, 0.4) is 0 Å². The number of fused-ring (bicyclic) bond motifs is 1. The lowest BCUT2D eigenvalue weighted by molar-refractivity contribution is 0.601. The molecule has 0 saturated carbocycles. The molecule has 0 N–H and O–H groups in total. The Morgan fingerprint density at radius 3 is 2.95 bits per heavy atom. The van der Waals surface area contributed by atoms with Gasteiger partial charge < -0.3 is 4.90 Å². The van der Waals surface area contributed by atoms with Crippen LogP contribution in [0.1, 0.15) is 6.92 Å². The smallest absolute Gasteiger partial charge is 0.164 e. The van der Waals surface area contributed by atoms with Gasteiger partial charge in [0.05, 0.1) is 23.6 Å². The van der Waals surface area contributed by atoms with Crippen molar-refractivity contribution in [2.75, 3.05) is 22.2 Å². The van der Waals surface area contributed by atoms with Gasteiger partial charge in [-0.05, 0) is 24.0 Å². The van der Waals surface area contributed by atoms with Crippen LogP contribution in [0.4, 0.5) is 5.69 Å². The Kier molecular flexibility index (Phi) is 3.85. The number of amidine groups is 1. The molecule has 7 heteroatoms. The fourth-order valence-electron chi connectivity index (χ4n) is 2.69. The van der Waals surface area contributed by atoms with Crippen molar-refractivity contribution in [2.24, 2.45) is 4.99 Å². The van der Waals surface area contributed by atoms with E-state index in [9.17, 15) is 8.42 Å². The molecule has 4 nitrogen and oxygen atoms in total. The highest BCUT2D eigenvalue weighted by Gasteiger charge is 2.46. The molecule has 2 aliphatic rings. The highest BCUT2D eigenvalue weighted by Crippen LogP contribution is 2.35. The van der Waals surface area contributed by atoms with E-state index in [1.54, 1.807) is 11.8 Å². The van der Waals surface area contributed by atoms with Gasteiger partial charge in [0, 0.05) is 10.2 Å². The van der Waals surface area contributed by atoms with Gasteiger partial charge in [0.15, 0.2) is 15.0 Å². The molecule has 0 amide bonds. The van der Waals surface area contributed by atoms with E-state index in [0.29, 0.717) is 0 Å². The SMILES string of the molecule is CCSC1=NC2CS(=O)(=O)CC2N1c1cccc(Br)c1. The van der Waals surface area contributed by atoms with Crippen LogP contribution in [0, 0.1) is 0 Å². The van der Waals surface area contributed by atoms with E-state index in [1.807, 2.05) is 24.3 Å². The molecule has 0 aromatic heterocycles. The van der Waals surface area contributed by atoms with Crippen LogP contribution < -0.4 is 4.90 Å². The Hall–Kier alpha value is -0.530. The summed E-state index contributed by atoms with van der Waals surface area (Å²) < 4.78 is 24.7. The summed E-state index contributed by atoms with van der Waals surface area (Å²) in [5.41, 5.74) is 1.00. The van der Waals surface area contributed by atoms with Crippen LogP contribution in [-0.2, 0) is 9.84 Å². The number of anilines is 1. The van der Waals surface area contributed by atoms with Crippen molar-refractivity contribution >= 4 is 48.4 Å². The predicted molar refractivity (Wildman–Crippen MR) is 88.4 cm³/mol. The predicted octanol–water partition coefficient (Wildman–Crippen LogP) is 2.54. The maximum atomic E-state index is 11.8. The molecule has 0 bridgehead atoms. The van der Waals surface area contributed by atoms with Crippen molar-refractivity contribution in [2.45, 2.75) is 19.0 Å². The molecule has 3 rings (SSSR count). The largest absolute Gasteiger partial charge is 0.315 e. The van der Waals surface area contributed by atoms with Gasteiger partial charge in [0.1, 0.15) is 0 Å². The van der Waals surface area contributed by atoms with Crippen LogP contribution >= 0.6 is 27.7 Å². The first kappa shape index (κ1) is 14.4. The lowest BCUT2D eigenvalue weighted by Crippen LogP contribution is -2.39. The van der Waals surface area contributed by atoms with Crippen molar-refractivity contribution in [1.82, 2.24) is 0 Å². The van der Waals surface area contributed by atoms with Gasteiger partial charge in [0.2, 0.25) is 0 Å². The summed E-state index contributed by atoms with van der Waals surface area (Å²) in [6.07, 6.45) is 0. The number of halogens is 1. The summed E-state index contributed by atoms with van der Waals surface area (Å²) in [6.45, 7) is 2.08. The number of sulfone groups is 1. The fraction of sp³-hybridized carbons (Fsp3) is 0.462. The summed E-state index contributed by atoms with van der Waals surface area (Å²) >= 11 is 5.14. The van der Waals surface area contributed by atoms with Gasteiger partial charge in [-0.3, -0.25) is 4.99 Å². The minimum absolute atomic E-state index is 0.0525. The zero-order chi connectivity index (χ0) is 14.3. The first-order chi connectivity index (χ1) is 9.50. The molecule has 1 saturated heterocycles. The Morgan fingerprint density at radius 1 is 1.45 bits per heavy atom. The van der Waals surface area contributed by atoms with Crippen LogP contribution in [0.25, 0.3) is 0 Å². The number of aliphatic imine (C=N–C) groups is 1. The van der Waals surface area contributed by atoms with E-state index in [1.165, 1.54) is 0 Å². The summed E-state index contributed by atoms with van der Waals surface area (Å²) in [7, 11) is -2.96. The Bertz CT molecular complexity index is 660. The number of hydrogen-bond donors (Lipinski definition) is 0. The quantitative estimate of drug-likeness (QED) is 0.797. The number of nitrogens with zero attached hydrogens (tertiary/aromatic N) is 2. The summed E-state index contributed by atoms with van der Waals surface area (Å²) in [5, 5.41) is 0.940. The lowest BCUT2D eigenvalue weighted by atomic mass is 10.1. The summed E-state index contributed by atoms with van der Waals surface area (Å²) in [6, 6.07) is 7.77. The Labute approximate surface area is 131 Å². The number of thioether (sulfide) groups is 1. The second-order valence-corrected chi connectivity index (χ2v) is 9.21. The molecule has 20 heavy (non-hydrogen) atoms. The Balaban J connectivity index is 2.00. The molecule has 2 heterocycles. The highest BCUT2D eigenvalue weighted by molar-refractivity contribution is 9.10. The van der Waals surface area contributed by atoms with Crippen molar-refractivity contribution < 1.29 is 8.42 Å². The van der Waals surface area contributed by atoms with Gasteiger partial charge >= 0.3 is 0 Å². The van der Waals surface area contributed by atoms with E-state index >= 15 is 0 Å².